The van der Waals surface area contributed by atoms with Gasteiger partial charge in [-0.25, -0.2) is 0 Å². The summed E-state index contributed by atoms with van der Waals surface area (Å²) in [6.07, 6.45) is 4.07. The minimum Gasteiger partial charge on any atom is -0.469 e. The molecule has 0 saturated heterocycles. The molecule has 90 valence electrons. The Morgan fingerprint density at radius 3 is 2.25 bits per heavy atom. The molecule has 0 atom stereocenters. The van der Waals surface area contributed by atoms with E-state index in [4.69, 9.17) is 0 Å². The van der Waals surface area contributed by atoms with Crippen LogP contribution in [0, 0.1) is 11.8 Å². The number of rotatable bonds is 6. The molecule has 0 aromatic rings. The second kappa shape index (κ2) is 10.0. The summed E-state index contributed by atoms with van der Waals surface area (Å²) in [5, 5.41) is 0. The maximum absolute atomic E-state index is 10.8. The second-order valence-corrected chi connectivity index (χ2v) is 3.24. The maximum Gasteiger partial charge on any atom is 0.317 e. The van der Waals surface area contributed by atoms with Crippen molar-refractivity contribution in [1.82, 2.24) is 0 Å². The Balaban J connectivity index is 3.33. The summed E-state index contributed by atoms with van der Waals surface area (Å²) >= 11 is 0. The van der Waals surface area contributed by atoms with Crippen LogP contribution in [0.15, 0.2) is 0 Å². The highest BCUT2D eigenvalue weighted by atomic mass is 16.5. The van der Waals surface area contributed by atoms with Crippen LogP contribution in [0.5, 0.6) is 0 Å². The Hall–Kier alpha value is -1.50. The highest BCUT2D eigenvalue weighted by molar-refractivity contribution is 5.72. The van der Waals surface area contributed by atoms with Crippen LogP contribution in [0.4, 0.5) is 0 Å². The van der Waals surface area contributed by atoms with E-state index >= 15 is 0 Å². The Labute approximate surface area is 96.3 Å². The second-order valence-electron chi connectivity index (χ2n) is 3.24. The van der Waals surface area contributed by atoms with E-state index < -0.39 is 0 Å². The van der Waals surface area contributed by atoms with Crippen molar-refractivity contribution in [2.75, 3.05) is 14.2 Å². The third kappa shape index (κ3) is 9.07. The van der Waals surface area contributed by atoms with Gasteiger partial charge in [-0.3, -0.25) is 9.59 Å². The number of carbonyl (C=O) groups is 2. The summed E-state index contributed by atoms with van der Waals surface area (Å²) in [7, 11) is 2.73. The molecule has 0 radical (unpaired) electrons. The fourth-order valence-electron chi connectivity index (χ4n) is 1.06. The molecule has 0 bridgehead atoms. The van der Waals surface area contributed by atoms with Gasteiger partial charge in [-0.2, -0.15) is 0 Å². The van der Waals surface area contributed by atoms with Crippen LogP contribution in [0.2, 0.25) is 0 Å². The van der Waals surface area contributed by atoms with E-state index in [9.17, 15) is 9.59 Å². The molecule has 0 amide bonds. The van der Waals surface area contributed by atoms with Crippen LogP contribution in [0.3, 0.4) is 0 Å². The minimum absolute atomic E-state index is 0.151. The third-order valence-electron chi connectivity index (χ3n) is 2.00. The third-order valence-corrected chi connectivity index (χ3v) is 2.00. The lowest BCUT2D eigenvalue weighted by atomic mass is 10.1. The lowest BCUT2D eigenvalue weighted by Crippen LogP contribution is -1.99. The van der Waals surface area contributed by atoms with Gasteiger partial charge >= 0.3 is 11.9 Å². The first-order valence-electron chi connectivity index (χ1n) is 5.30. The fourth-order valence-corrected chi connectivity index (χ4v) is 1.06. The molecule has 0 aromatic carbocycles. The molecule has 0 aliphatic carbocycles. The topological polar surface area (TPSA) is 52.6 Å². The molecule has 0 heterocycles. The van der Waals surface area contributed by atoms with Crippen LogP contribution in [-0.4, -0.2) is 26.2 Å². The smallest absolute Gasteiger partial charge is 0.317 e. The molecule has 0 fully saturated rings. The first kappa shape index (κ1) is 14.5. The van der Waals surface area contributed by atoms with Crippen LogP contribution in [-0.2, 0) is 19.1 Å². The standard InChI is InChI=1S/C12H18O4/c1-15-11(13)9-7-5-3-4-6-8-10-12(14)16-2/h3-5,7,9-10H2,1-2H3. The summed E-state index contributed by atoms with van der Waals surface area (Å²) in [6.45, 7) is 0. The number of unbranched alkanes of at least 4 members (excludes halogenated alkanes) is 3. The van der Waals surface area contributed by atoms with Gasteiger partial charge < -0.3 is 9.47 Å². The van der Waals surface area contributed by atoms with Crippen LogP contribution in [0.25, 0.3) is 0 Å². The summed E-state index contributed by atoms with van der Waals surface area (Å²) in [5.41, 5.74) is 0. The van der Waals surface area contributed by atoms with Crippen molar-refractivity contribution >= 4 is 11.9 Å². The van der Waals surface area contributed by atoms with E-state index in [-0.39, 0.29) is 18.4 Å². The molecule has 0 spiro atoms. The quantitative estimate of drug-likeness (QED) is 0.393. The molecule has 16 heavy (non-hydrogen) atoms. The van der Waals surface area contributed by atoms with Gasteiger partial charge in [-0.05, 0) is 12.8 Å². The average Bonchev–Trinajstić information content (AvgIpc) is 2.31. The van der Waals surface area contributed by atoms with Crippen molar-refractivity contribution in [2.24, 2.45) is 0 Å². The lowest BCUT2D eigenvalue weighted by molar-refractivity contribution is -0.141. The first-order chi connectivity index (χ1) is 7.70. The van der Waals surface area contributed by atoms with Gasteiger partial charge in [0.15, 0.2) is 0 Å². The zero-order valence-corrected chi connectivity index (χ0v) is 9.88. The van der Waals surface area contributed by atoms with Gasteiger partial charge in [0.05, 0.1) is 14.2 Å². The normalized spacial score (nSPS) is 8.88. The highest BCUT2D eigenvalue weighted by Crippen LogP contribution is 2.03. The van der Waals surface area contributed by atoms with Crippen molar-refractivity contribution in [3.05, 3.63) is 0 Å². The number of hydrogen-bond donors (Lipinski definition) is 0. The molecule has 0 rings (SSSR count). The van der Waals surface area contributed by atoms with E-state index in [2.05, 4.69) is 21.3 Å². The van der Waals surface area contributed by atoms with Crippen molar-refractivity contribution < 1.29 is 19.1 Å². The Kier molecular flexibility index (Phi) is 9.09. The highest BCUT2D eigenvalue weighted by Gasteiger charge is 1.98. The number of methoxy groups -OCH3 is 2. The molecule has 0 aliphatic rings. The number of carbonyl (C=O) groups excluding carboxylic acids is 2. The largest absolute Gasteiger partial charge is 0.469 e. The molecule has 0 saturated carbocycles. The van der Waals surface area contributed by atoms with E-state index in [1.54, 1.807) is 0 Å². The summed E-state index contributed by atoms with van der Waals surface area (Å²) < 4.78 is 8.96. The van der Waals surface area contributed by atoms with E-state index in [1.165, 1.54) is 14.2 Å². The van der Waals surface area contributed by atoms with Crippen LogP contribution < -0.4 is 0 Å². The molecule has 0 aliphatic heterocycles. The average molecular weight is 226 g/mol. The zero-order chi connectivity index (χ0) is 12.2. The Bertz CT molecular complexity index is 272. The van der Waals surface area contributed by atoms with Crippen LogP contribution >= 0.6 is 0 Å². The van der Waals surface area contributed by atoms with Gasteiger partial charge in [-0.15, -0.1) is 5.92 Å². The van der Waals surface area contributed by atoms with Crippen LogP contribution in [0.1, 0.15) is 38.5 Å². The number of ether oxygens (including phenoxy) is 2. The van der Waals surface area contributed by atoms with Gasteiger partial charge in [0.1, 0.15) is 6.42 Å². The Morgan fingerprint density at radius 1 is 0.938 bits per heavy atom. The summed E-state index contributed by atoms with van der Waals surface area (Å²) in [6, 6.07) is 0. The van der Waals surface area contributed by atoms with Gasteiger partial charge in [-0.1, -0.05) is 12.3 Å². The van der Waals surface area contributed by atoms with E-state index in [0.717, 1.165) is 25.7 Å². The van der Waals surface area contributed by atoms with Gasteiger partial charge in [0.25, 0.3) is 0 Å². The number of hydrogen-bond acceptors (Lipinski definition) is 4. The monoisotopic (exact) mass is 226 g/mol. The van der Waals surface area contributed by atoms with E-state index in [1.807, 2.05) is 0 Å². The SMILES string of the molecule is COC(=O)CC#CCCCCCC(=O)OC. The van der Waals surface area contributed by atoms with Crippen molar-refractivity contribution in [2.45, 2.75) is 38.5 Å². The molecule has 0 N–H and O–H groups in total. The van der Waals surface area contributed by atoms with Crippen molar-refractivity contribution in [1.29, 1.82) is 0 Å². The predicted octanol–water partition coefficient (Wildman–Crippen LogP) is 1.68. The fraction of sp³-hybridized carbons (Fsp3) is 0.667. The first-order valence-corrected chi connectivity index (χ1v) is 5.30. The predicted molar refractivity (Wildman–Crippen MR) is 59.5 cm³/mol. The van der Waals surface area contributed by atoms with Crippen molar-refractivity contribution in [3.8, 4) is 11.8 Å². The molecule has 0 aromatic heterocycles. The zero-order valence-electron chi connectivity index (χ0n) is 9.88. The summed E-state index contributed by atoms with van der Waals surface area (Å²) in [5.74, 6) is 5.14. The summed E-state index contributed by atoms with van der Waals surface area (Å²) in [4.78, 5) is 21.4. The lowest BCUT2D eigenvalue weighted by Gasteiger charge is -1.97. The maximum atomic E-state index is 10.8. The molecule has 0 unspecified atom stereocenters. The van der Waals surface area contributed by atoms with Gasteiger partial charge in [0.2, 0.25) is 0 Å². The number of esters is 2. The van der Waals surface area contributed by atoms with E-state index in [0.29, 0.717) is 6.42 Å². The van der Waals surface area contributed by atoms with Gasteiger partial charge in [0, 0.05) is 12.8 Å². The van der Waals surface area contributed by atoms with Crippen molar-refractivity contribution in [3.63, 3.8) is 0 Å². The molecular weight excluding hydrogens is 208 g/mol. The molecular formula is C12H18O4. The molecule has 4 heteroatoms. The minimum atomic E-state index is -0.307. The Morgan fingerprint density at radius 2 is 1.62 bits per heavy atom. The molecule has 4 nitrogen and oxygen atoms in total.